The van der Waals surface area contributed by atoms with Crippen LogP contribution in [0.15, 0.2) is 36.4 Å². The molecule has 9 nitrogen and oxygen atoms in total. The number of phenolic OH excluding ortho intramolecular Hbond substituents is 1. The zero-order chi connectivity index (χ0) is 24.9. The molecular weight excluding hydrogens is 448 g/mol. The van der Waals surface area contributed by atoms with Crippen molar-refractivity contribution >= 4 is 17.5 Å². The number of nitrogen functional groups attached to an aromatic ring is 1. The van der Waals surface area contributed by atoms with Crippen molar-refractivity contribution in [1.82, 2.24) is 9.80 Å². The quantitative estimate of drug-likeness (QED) is 0.514. The number of carbonyl (C=O) groups excluding carboxylic acids is 2. The summed E-state index contributed by atoms with van der Waals surface area (Å²) < 4.78 is 11.2. The third kappa shape index (κ3) is 6.04. The number of primary amides is 1. The van der Waals surface area contributed by atoms with Crippen molar-refractivity contribution in [2.75, 3.05) is 52.2 Å². The lowest BCUT2D eigenvalue weighted by Crippen LogP contribution is -2.47. The third-order valence-corrected chi connectivity index (χ3v) is 6.93. The van der Waals surface area contributed by atoms with E-state index >= 15 is 0 Å². The Morgan fingerprint density at radius 3 is 2.51 bits per heavy atom. The summed E-state index contributed by atoms with van der Waals surface area (Å²) in [4.78, 5) is 28.8. The summed E-state index contributed by atoms with van der Waals surface area (Å²) in [6.07, 6.45) is 2.47. The van der Waals surface area contributed by atoms with E-state index < -0.39 is 5.91 Å². The number of nitrogens with two attached hydrogens (primary N) is 2. The van der Waals surface area contributed by atoms with Crippen LogP contribution in [0.4, 0.5) is 5.69 Å². The Kier molecular flexibility index (Phi) is 7.77. The maximum absolute atomic E-state index is 12.7. The molecule has 2 aromatic carbocycles. The van der Waals surface area contributed by atoms with E-state index in [1.807, 2.05) is 4.90 Å². The summed E-state index contributed by atoms with van der Waals surface area (Å²) in [7, 11) is 1.48. The molecule has 2 fully saturated rings. The second-order valence-electron chi connectivity index (χ2n) is 9.35. The van der Waals surface area contributed by atoms with Gasteiger partial charge in [0.2, 0.25) is 0 Å². The van der Waals surface area contributed by atoms with Gasteiger partial charge in [-0.1, -0.05) is 0 Å². The number of benzene rings is 2. The predicted molar refractivity (Wildman–Crippen MR) is 133 cm³/mol. The van der Waals surface area contributed by atoms with Crippen molar-refractivity contribution in [2.45, 2.75) is 25.4 Å². The Labute approximate surface area is 205 Å². The van der Waals surface area contributed by atoms with Crippen molar-refractivity contribution in [3.63, 3.8) is 0 Å². The van der Waals surface area contributed by atoms with Crippen LogP contribution in [-0.4, -0.2) is 79.3 Å². The molecule has 2 aromatic rings. The van der Waals surface area contributed by atoms with E-state index in [0.717, 1.165) is 51.1 Å². The van der Waals surface area contributed by atoms with Crippen LogP contribution in [0.25, 0.3) is 0 Å². The minimum Gasteiger partial charge on any atom is -0.508 e. The van der Waals surface area contributed by atoms with Crippen molar-refractivity contribution in [3.05, 3.63) is 53.1 Å². The summed E-state index contributed by atoms with van der Waals surface area (Å²) in [5, 5.41) is 9.44. The number of anilines is 1. The van der Waals surface area contributed by atoms with Gasteiger partial charge in [0, 0.05) is 56.5 Å². The molecule has 5 N–H and O–H groups in total. The summed E-state index contributed by atoms with van der Waals surface area (Å²) >= 11 is 0. The maximum atomic E-state index is 12.7. The minimum atomic E-state index is -0.551. The van der Waals surface area contributed by atoms with Gasteiger partial charge in [0.25, 0.3) is 11.8 Å². The van der Waals surface area contributed by atoms with E-state index in [1.54, 1.807) is 36.4 Å². The molecule has 0 saturated carbocycles. The van der Waals surface area contributed by atoms with Gasteiger partial charge in [-0.25, -0.2) is 0 Å². The van der Waals surface area contributed by atoms with Crippen LogP contribution in [0.3, 0.4) is 0 Å². The van der Waals surface area contributed by atoms with Crippen molar-refractivity contribution in [2.24, 2.45) is 11.7 Å². The second kappa shape index (κ2) is 11.0. The number of ether oxygens (including phenoxy) is 2. The molecule has 2 aliphatic heterocycles. The van der Waals surface area contributed by atoms with Crippen molar-refractivity contribution in [1.29, 1.82) is 0 Å². The highest BCUT2D eigenvalue weighted by atomic mass is 16.5. The average Bonchev–Trinajstić information content (AvgIpc) is 2.85. The van der Waals surface area contributed by atoms with E-state index in [2.05, 4.69) is 4.90 Å². The molecule has 188 valence electrons. The number of likely N-dealkylation sites (tertiary alicyclic amines) is 1. The monoisotopic (exact) mass is 482 g/mol. The molecule has 0 radical (unpaired) electrons. The second-order valence-corrected chi connectivity index (χ2v) is 9.35. The average molecular weight is 483 g/mol. The molecule has 9 heteroatoms. The summed E-state index contributed by atoms with van der Waals surface area (Å²) in [6.45, 7) is 4.72. The molecule has 0 spiro atoms. The number of amides is 2. The molecule has 4 rings (SSSR count). The van der Waals surface area contributed by atoms with Crippen LogP contribution in [0.2, 0.25) is 0 Å². The number of phenols is 1. The highest BCUT2D eigenvalue weighted by molar-refractivity contribution is 5.96. The van der Waals surface area contributed by atoms with Gasteiger partial charge in [-0.2, -0.15) is 0 Å². The smallest absolute Gasteiger partial charge is 0.253 e. The summed E-state index contributed by atoms with van der Waals surface area (Å²) in [5.74, 6) is 0.518. The standard InChI is InChI=1S/C26H34N4O5/c1-34-24-14-23(27)19(13-22(24)25(28)32)12-21-16-29(10-11-35-21)15-17-6-8-30(9-7-17)26(33)18-2-4-20(31)5-3-18/h2-5,13-14,17,21,31H,6-12,15-16,27H2,1H3,(H2,28,32). The first-order valence-corrected chi connectivity index (χ1v) is 12.0. The zero-order valence-corrected chi connectivity index (χ0v) is 20.1. The lowest BCUT2D eigenvalue weighted by Gasteiger charge is -2.38. The number of methoxy groups -OCH3 is 1. The number of aromatic hydroxyl groups is 1. The first kappa shape index (κ1) is 24.8. The molecule has 1 unspecified atom stereocenters. The Hall–Kier alpha value is -3.30. The fraction of sp³-hybridized carbons (Fsp3) is 0.462. The Bertz CT molecular complexity index is 1050. The van der Waals surface area contributed by atoms with E-state index in [-0.39, 0.29) is 17.8 Å². The highest BCUT2D eigenvalue weighted by Crippen LogP contribution is 2.28. The molecule has 0 bridgehead atoms. The SMILES string of the molecule is COc1cc(N)c(CC2CN(CC3CCN(C(=O)c4ccc(O)cc4)CC3)CCO2)cc1C(N)=O. The molecule has 35 heavy (non-hydrogen) atoms. The van der Waals surface area contributed by atoms with Gasteiger partial charge in [-0.15, -0.1) is 0 Å². The fourth-order valence-corrected chi connectivity index (χ4v) is 4.96. The number of hydrogen-bond acceptors (Lipinski definition) is 7. The predicted octanol–water partition coefficient (Wildman–Crippen LogP) is 1.88. The van der Waals surface area contributed by atoms with E-state index in [4.69, 9.17) is 20.9 Å². The lowest BCUT2D eigenvalue weighted by molar-refractivity contribution is -0.0344. The number of morpholine rings is 1. The fourth-order valence-electron chi connectivity index (χ4n) is 4.96. The topological polar surface area (TPSA) is 131 Å². The number of hydrogen-bond donors (Lipinski definition) is 3. The molecule has 1 atom stereocenters. The number of nitrogens with zero attached hydrogens (tertiary/aromatic N) is 2. The molecule has 2 heterocycles. The minimum absolute atomic E-state index is 0.0160. The van der Waals surface area contributed by atoms with Crippen LogP contribution in [-0.2, 0) is 11.2 Å². The lowest BCUT2D eigenvalue weighted by atomic mass is 9.95. The van der Waals surface area contributed by atoms with Crippen molar-refractivity contribution < 1.29 is 24.2 Å². The van der Waals surface area contributed by atoms with E-state index in [1.165, 1.54) is 7.11 Å². The van der Waals surface area contributed by atoms with E-state index in [9.17, 15) is 14.7 Å². The Balaban J connectivity index is 1.29. The highest BCUT2D eigenvalue weighted by Gasteiger charge is 2.28. The molecule has 2 aliphatic rings. The van der Waals surface area contributed by atoms with Crippen LogP contribution in [0, 0.1) is 5.92 Å². The Morgan fingerprint density at radius 2 is 1.86 bits per heavy atom. The number of rotatable bonds is 7. The van der Waals surface area contributed by atoms with Gasteiger partial charge in [-0.3, -0.25) is 14.5 Å². The largest absolute Gasteiger partial charge is 0.508 e. The molecule has 2 saturated heterocycles. The van der Waals surface area contributed by atoms with E-state index in [0.29, 0.717) is 41.5 Å². The normalized spacial score (nSPS) is 19.5. The van der Waals surface area contributed by atoms with Crippen LogP contribution in [0.1, 0.15) is 39.1 Å². The van der Waals surface area contributed by atoms with Crippen LogP contribution < -0.4 is 16.2 Å². The number of piperidine rings is 1. The summed E-state index contributed by atoms with van der Waals surface area (Å²) in [6, 6.07) is 9.77. The van der Waals surface area contributed by atoms with Crippen LogP contribution >= 0.6 is 0 Å². The molecule has 2 amide bonds. The van der Waals surface area contributed by atoms with Gasteiger partial charge in [0.05, 0.1) is 25.4 Å². The van der Waals surface area contributed by atoms with Crippen LogP contribution in [0.5, 0.6) is 11.5 Å². The molecule has 0 aromatic heterocycles. The van der Waals surface area contributed by atoms with Gasteiger partial charge in [0.1, 0.15) is 11.5 Å². The third-order valence-electron chi connectivity index (χ3n) is 6.93. The van der Waals surface area contributed by atoms with Gasteiger partial charge in [0.15, 0.2) is 0 Å². The first-order valence-electron chi connectivity index (χ1n) is 12.0. The van der Waals surface area contributed by atoms with Gasteiger partial charge >= 0.3 is 0 Å². The first-order chi connectivity index (χ1) is 16.8. The van der Waals surface area contributed by atoms with Crippen molar-refractivity contribution in [3.8, 4) is 11.5 Å². The van der Waals surface area contributed by atoms with Gasteiger partial charge < -0.3 is 30.9 Å². The molecular formula is C26H34N4O5. The number of carbonyl (C=O) groups is 2. The zero-order valence-electron chi connectivity index (χ0n) is 20.1. The maximum Gasteiger partial charge on any atom is 0.253 e. The molecule has 0 aliphatic carbocycles. The summed E-state index contributed by atoms with van der Waals surface area (Å²) in [5.41, 5.74) is 14.0. The van der Waals surface area contributed by atoms with Gasteiger partial charge in [-0.05, 0) is 54.7 Å². The Morgan fingerprint density at radius 1 is 1.14 bits per heavy atom.